The summed E-state index contributed by atoms with van der Waals surface area (Å²) in [7, 11) is 0. The third-order valence-electron chi connectivity index (χ3n) is 3.71. The molecule has 1 amide bonds. The topological polar surface area (TPSA) is 75.6 Å². The molecule has 1 saturated heterocycles. The van der Waals surface area contributed by atoms with Crippen LogP contribution < -0.4 is 5.32 Å². The van der Waals surface area contributed by atoms with Gasteiger partial charge in [-0.1, -0.05) is 23.2 Å². The maximum absolute atomic E-state index is 12.5. The Morgan fingerprint density at radius 2 is 2.13 bits per heavy atom. The predicted octanol–water partition coefficient (Wildman–Crippen LogP) is 3.32. The standard InChI is InChI=1S/C15H17Cl2NO4S/c1-23-12-5-9(10(16)6-11(12)17)14(19)18-13(15(20)21)8-3-2-4-22-7-8/h5-6,8,13H,2-4,7H2,1H3,(H,18,19)(H,20,21). The normalized spacial score (nSPS) is 19.2. The molecule has 1 aliphatic heterocycles. The van der Waals surface area contributed by atoms with Crippen molar-refractivity contribution < 1.29 is 19.4 Å². The number of hydrogen-bond acceptors (Lipinski definition) is 4. The smallest absolute Gasteiger partial charge is 0.326 e. The predicted molar refractivity (Wildman–Crippen MR) is 90.7 cm³/mol. The minimum Gasteiger partial charge on any atom is -0.480 e. The van der Waals surface area contributed by atoms with Crippen LogP contribution in [0.2, 0.25) is 10.0 Å². The number of rotatable bonds is 5. The fourth-order valence-corrected chi connectivity index (χ4v) is 3.68. The van der Waals surface area contributed by atoms with E-state index < -0.39 is 17.9 Å². The van der Waals surface area contributed by atoms with Crippen molar-refractivity contribution in [2.24, 2.45) is 5.92 Å². The molecule has 1 aromatic carbocycles. The van der Waals surface area contributed by atoms with Crippen molar-refractivity contribution in [1.29, 1.82) is 0 Å². The van der Waals surface area contributed by atoms with E-state index in [2.05, 4.69) is 5.32 Å². The molecule has 0 bridgehead atoms. The van der Waals surface area contributed by atoms with Crippen LogP contribution in [0.5, 0.6) is 0 Å². The lowest BCUT2D eigenvalue weighted by molar-refractivity contribution is -0.142. The Bertz CT molecular complexity index is 605. The first-order valence-electron chi connectivity index (χ1n) is 7.08. The Morgan fingerprint density at radius 1 is 1.39 bits per heavy atom. The summed E-state index contributed by atoms with van der Waals surface area (Å²) < 4.78 is 5.31. The van der Waals surface area contributed by atoms with Gasteiger partial charge in [-0.15, -0.1) is 11.8 Å². The number of carbonyl (C=O) groups is 2. The fourth-order valence-electron chi connectivity index (χ4n) is 2.49. The number of amides is 1. The summed E-state index contributed by atoms with van der Waals surface area (Å²) in [6, 6.07) is 2.05. The number of benzene rings is 1. The van der Waals surface area contributed by atoms with Crippen LogP contribution in [-0.4, -0.2) is 42.5 Å². The number of ether oxygens (including phenoxy) is 1. The molecule has 2 unspecified atom stereocenters. The van der Waals surface area contributed by atoms with E-state index >= 15 is 0 Å². The molecule has 2 N–H and O–H groups in total. The molecule has 0 spiro atoms. The van der Waals surface area contributed by atoms with Crippen molar-refractivity contribution in [3.63, 3.8) is 0 Å². The lowest BCUT2D eigenvalue weighted by atomic mass is 9.93. The second-order valence-electron chi connectivity index (χ2n) is 5.23. The van der Waals surface area contributed by atoms with Crippen LogP contribution in [0.15, 0.2) is 17.0 Å². The Kier molecular flexibility index (Phi) is 6.59. The highest BCUT2D eigenvalue weighted by Gasteiger charge is 2.32. The lowest BCUT2D eigenvalue weighted by Crippen LogP contribution is -2.48. The van der Waals surface area contributed by atoms with Gasteiger partial charge in [0, 0.05) is 17.4 Å². The number of thioether (sulfide) groups is 1. The van der Waals surface area contributed by atoms with Crippen molar-refractivity contribution in [1.82, 2.24) is 5.32 Å². The van der Waals surface area contributed by atoms with Crippen LogP contribution in [0.3, 0.4) is 0 Å². The molecule has 0 aliphatic carbocycles. The number of halogens is 2. The van der Waals surface area contributed by atoms with Crippen molar-refractivity contribution in [3.05, 3.63) is 27.7 Å². The zero-order valence-corrected chi connectivity index (χ0v) is 14.8. The third kappa shape index (κ3) is 4.53. The number of hydrogen-bond donors (Lipinski definition) is 2. The molecule has 2 rings (SSSR count). The highest BCUT2D eigenvalue weighted by molar-refractivity contribution is 7.98. The van der Waals surface area contributed by atoms with Gasteiger partial charge in [0.2, 0.25) is 0 Å². The molecule has 0 radical (unpaired) electrons. The first kappa shape index (κ1) is 18.4. The largest absolute Gasteiger partial charge is 0.480 e. The van der Waals surface area contributed by atoms with E-state index in [1.54, 1.807) is 6.07 Å². The van der Waals surface area contributed by atoms with Gasteiger partial charge in [0.05, 0.1) is 22.2 Å². The minimum absolute atomic E-state index is 0.189. The number of aliphatic carboxylic acids is 1. The van der Waals surface area contributed by atoms with E-state index in [0.717, 1.165) is 6.42 Å². The number of carboxylic acid groups (broad SMARTS) is 1. The zero-order chi connectivity index (χ0) is 17.0. The average molecular weight is 378 g/mol. The van der Waals surface area contributed by atoms with Crippen molar-refractivity contribution >= 4 is 46.8 Å². The highest BCUT2D eigenvalue weighted by atomic mass is 35.5. The molecule has 23 heavy (non-hydrogen) atoms. The number of carboxylic acids is 1. The summed E-state index contributed by atoms with van der Waals surface area (Å²) in [5.41, 5.74) is 0.211. The van der Waals surface area contributed by atoms with Crippen LogP contribution >= 0.6 is 35.0 Å². The number of carbonyl (C=O) groups excluding carboxylic acids is 1. The summed E-state index contributed by atoms with van der Waals surface area (Å²) in [6.07, 6.45) is 3.31. The van der Waals surface area contributed by atoms with Crippen molar-refractivity contribution in [3.8, 4) is 0 Å². The molecule has 0 aromatic heterocycles. The molecule has 1 fully saturated rings. The van der Waals surface area contributed by atoms with Gasteiger partial charge >= 0.3 is 5.97 Å². The zero-order valence-electron chi connectivity index (χ0n) is 12.5. The fraction of sp³-hybridized carbons (Fsp3) is 0.467. The SMILES string of the molecule is CSc1cc(C(=O)NC(C(=O)O)C2CCCOC2)c(Cl)cc1Cl. The van der Waals surface area contributed by atoms with Crippen molar-refractivity contribution in [2.75, 3.05) is 19.5 Å². The Balaban J connectivity index is 2.20. The maximum Gasteiger partial charge on any atom is 0.326 e. The summed E-state index contributed by atoms with van der Waals surface area (Å²) >= 11 is 13.5. The maximum atomic E-state index is 12.5. The quantitative estimate of drug-likeness (QED) is 0.769. The van der Waals surface area contributed by atoms with E-state index in [-0.39, 0.29) is 16.5 Å². The van der Waals surface area contributed by atoms with Crippen LogP contribution in [0, 0.1) is 5.92 Å². The molecule has 126 valence electrons. The molecule has 1 heterocycles. The van der Waals surface area contributed by atoms with Gasteiger partial charge in [-0.25, -0.2) is 4.79 Å². The summed E-state index contributed by atoms with van der Waals surface area (Å²) in [4.78, 5) is 24.7. The molecule has 5 nitrogen and oxygen atoms in total. The van der Waals surface area contributed by atoms with Gasteiger partial charge in [0.1, 0.15) is 6.04 Å². The Labute approximate surface area is 148 Å². The molecule has 2 atom stereocenters. The molecule has 8 heteroatoms. The van der Waals surface area contributed by atoms with Gasteiger partial charge < -0.3 is 15.2 Å². The van der Waals surface area contributed by atoms with Crippen LogP contribution in [0.4, 0.5) is 0 Å². The van der Waals surface area contributed by atoms with Crippen LogP contribution in [0.25, 0.3) is 0 Å². The molecular weight excluding hydrogens is 361 g/mol. The monoisotopic (exact) mass is 377 g/mol. The third-order valence-corrected chi connectivity index (χ3v) is 5.22. The van der Waals surface area contributed by atoms with Crippen molar-refractivity contribution in [2.45, 2.75) is 23.8 Å². The first-order valence-corrected chi connectivity index (χ1v) is 9.06. The second-order valence-corrected chi connectivity index (χ2v) is 6.90. The van der Waals surface area contributed by atoms with E-state index in [1.807, 2.05) is 6.26 Å². The molecule has 0 saturated carbocycles. The Hall–Kier alpha value is -0.950. The number of nitrogens with one attached hydrogen (secondary N) is 1. The van der Waals surface area contributed by atoms with Crippen LogP contribution in [0.1, 0.15) is 23.2 Å². The molecular formula is C15H17Cl2NO4S. The summed E-state index contributed by atoms with van der Waals surface area (Å²) in [5, 5.41) is 12.6. The van der Waals surface area contributed by atoms with Crippen LogP contribution in [-0.2, 0) is 9.53 Å². The van der Waals surface area contributed by atoms with Gasteiger partial charge in [-0.2, -0.15) is 0 Å². The second kappa shape index (κ2) is 8.24. The van der Waals surface area contributed by atoms with Gasteiger partial charge in [0.25, 0.3) is 5.91 Å². The van der Waals surface area contributed by atoms with E-state index in [9.17, 15) is 14.7 Å². The molecule has 1 aliphatic rings. The van der Waals surface area contributed by atoms with E-state index in [1.165, 1.54) is 17.8 Å². The average Bonchev–Trinajstić information content (AvgIpc) is 2.53. The minimum atomic E-state index is -1.08. The van der Waals surface area contributed by atoms with Gasteiger partial charge in [-0.3, -0.25) is 4.79 Å². The summed E-state index contributed by atoms with van der Waals surface area (Å²) in [5.74, 6) is -1.86. The first-order chi connectivity index (χ1) is 10.9. The van der Waals surface area contributed by atoms with Gasteiger partial charge in [0.15, 0.2) is 0 Å². The lowest BCUT2D eigenvalue weighted by Gasteiger charge is -2.28. The van der Waals surface area contributed by atoms with Gasteiger partial charge in [-0.05, 0) is 31.2 Å². The van der Waals surface area contributed by atoms with E-state index in [4.69, 9.17) is 27.9 Å². The highest BCUT2D eigenvalue weighted by Crippen LogP contribution is 2.31. The van der Waals surface area contributed by atoms with E-state index in [0.29, 0.717) is 29.6 Å². The Morgan fingerprint density at radius 3 is 2.70 bits per heavy atom. The summed E-state index contributed by atoms with van der Waals surface area (Å²) in [6.45, 7) is 0.943. The molecule has 1 aromatic rings.